The molecule has 0 saturated carbocycles. The summed E-state index contributed by atoms with van der Waals surface area (Å²) in [7, 11) is 0. The van der Waals surface area contributed by atoms with Gasteiger partial charge in [-0.3, -0.25) is 10.8 Å². The lowest BCUT2D eigenvalue weighted by Gasteiger charge is -2.03. The average Bonchev–Trinajstić information content (AvgIpc) is 2.28. The highest BCUT2D eigenvalue weighted by atomic mass is 16.4. The lowest BCUT2D eigenvalue weighted by Crippen LogP contribution is -2.21. The van der Waals surface area contributed by atoms with E-state index in [4.69, 9.17) is 21.5 Å². The van der Waals surface area contributed by atoms with Crippen LogP contribution in [-0.2, 0) is 0 Å². The average molecular weight is 247 g/mol. The summed E-state index contributed by atoms with van der Waals surface area (Å²) in [5, 5.41) is 37.2. The lowest BCUT2D eigenvalue weighted by molar-refractivity contribution is 0.0696. The number of nitrogens with one attached hydrogen (secondary N) is 2. The highest BCUT2D eigenvalue weighted by molar-refractivity contribution is 6.45. The molecule has 8 heteroatoms. The maximum absolute atomic E-state index is 10.7. The van der Waals surface area contributed by atoms with Crippen LogP contribution in [0.1, 0.15) is 10.4 Å². The Morgan fingerprint density at radius 2 is 2.17 bits per heavy atom. The first kappa shape index (κ1) is 13.0. The number of hydrogen-bond donors (Lipinski definition) is 5. The van der Waals surface area contributed by atoms with Gasteiger partial charge >= 0.3 is 5.97 Å². The predicted octanol–water partition coefficient (Wildman–Crippen LogP) is 0.318. The van der Waals surface area contributed by atoms with Crippen molar-refractivity contribution in [2.75, 3.05) is 5.43 Å². The van der Waals surface area contributed by atoms with Gasteiger partial charge in [0.1, 0.15) is 11.8 Å². The molecular formula is C10H9N5O3. The summed E-state index contributed by atoms with van der Waals surface area (Å²) in [6.07, 6.45) is 0. The molecule has 0 atom stereocenters. The normalized spacial score (nSPS) is 10.5. The van der Waals surface area contributed by atoms with E-state index in [0.29, 0.717) is 0 Å². The topological polar surface area (TPSA) is 156 Å². The summed E-state index contributed by atoms with van der Waals surface area (Å²) in [6.45, 7) is 0. The molecule has 6 N–H and O–H groups in total. The summed E-state index contributed by atoms with van der Waals surface area (Å²) in [6, 6.07) is 5.07. The number of carboxylic acid groups (broad SMARTS) is 1. The van der Waals surface area contributed by atoms with Crippen molar-refractivity contribution in [3.63, 3.8) is 0 Å². The number of anilines is 1. The smallest absolute Gasteiger partial charge is 0.335 e. The quantitative estimate of drug-likeness (QED) is 0.293. The first-order chi connectivity index (χ1) is 8.43. The van der Waals surface area contributed by atoms with Gasteiger partial charge in [0.25, 0.3) is 0 Å². The number of hydrogen-bond acceptors (Lipinski definition) is 6. The Hall–Kier alpha value is -3.08. The maximum Gasteiger partial charge on any atom is 0.335 e. The minimum absolute atomic E-state index is 0.144. The zero-order valence-corrected chi connectivity index (χ0v) is 9.01. The number of phenolic OH excluding ortho intramolecular Hbond substituents is 1. The Balaban J connectivity index is 3.02. The van der Waals surface area contributed by atoms with E-state index >= 15 is 0 Å². The fourth-order valence-corrected chi connectivity index (χ4v) is 1.07. The zero-order valence-electron chi connectivity index (χ0n) is 9.01. The first-order valence-corrected chi connectivity index (χ1v) is 4.59. The van der Waals surface area contributed by atoms with Gasteiger partial charge in [0.2, 0.25) is 5.71 Å². The van der Waals surface area contributed by atoms with Gasteiger partial charge in [-0.05, 0) is 12.1 Å². The number of phenols is 1. The molecular weight excluding hydrogens is 238 g/mol. The maximum atomic E-state index is 10.7. The largest absolute Gasteiger partial charge is 0.508 e. The molecule has 0 aromatic heterocycles. The summed E-state index contributed by atoms with van der Waals surface area (Å²) >= 11 is 0. The van der Waals surface area contributed by atoms with Gasteiger partial charge in [0.15, 0.2) is 5.84 Å². The van der Waals surface area contributed by atoms with Crippen LogP contribution in [0.2, 0.25) is 0 Å². The van der Waals surface area contributed by atoms with E-state index in [9.17, 15) is 9.90 Å². The molecule has 0 fully saturated rings. The van der Waals surface area contributed by atoms with E-state index in [0.717, 1.165) is 6.07 Å². The van der Waals surface area contributed by atoms with Gasteiger partial charge in [0, 0.05) is 6.07 Å². The van der Waals surface area contributed by atoms with E-state index in [-0.39, 0.29) is 22.7 Å². The number of hydrazone groups is 1. The van der Waals surface area contributed by atoms with Crippen LogP contribution >= 0.6 is 0 Å². The van der Waals surface area contributed by atoms with Gasteiger partial charge in [-0.1, -0.05) is 0 Å². The molecule has 1 aromatic carbocycles. The Kier molecular flexibility index (Phi) is 3.83. The Bertz CT molecular complexity index is 573. The molecule has 0 unspecified atom stereocenters. The van der Waals surface area contributed by atoms with Crippen LogP contribution in [0.25, 0.3) is 0 Å². The van der Waals surface area contributed by atoms with Gasteiger partial charge in [0.05, 0.1) is 11.3 Å². The predicted molar refractivity (Wildman–Crippen MR) is 63.7 cm³/mol. The number of carboxylic acids is 1. The minimum atomic E-state index is -1.22. The number of amidine groups is 1. The van der Waals surface area contributed by atoms with E-state index in [2.05, 4.69) is 10.5 Å². The first-order valence-electron chi connectivity index (χ1n) is 4.59. The molecule has 18 heavy (non-hydrogen) atoms. The molecule has 92 valence electrons. The number of nitrogens with zero attached hydrogens (tertiary/aromatic N) is 2. The van der Waals surface area contributed by atoms with Crippen molar-refractivity contribution < 1.29 is 15.0 Å². The summed E-state index contributed by atoms with van der Waals surface area (Å²) in [5.41, 5.74) is 7.06. The Morgan fingerprint density at radius 3 is 2.67 bits per heavy atom. The number of nitrogens with two attached hydrogens (primary N) is 1. The van der Waals surface area contributed by atoms with E-state index in [1.807, 2.05) is 0 Å². The molecule has 0 amide bonds. The molecule has 0 spiro atoms. The van der Waals surface area contributed by atoms with Crippen LogP contribution < -0.4 is 11.2 Å². The number of nitriles is 1. The van der Waals surface area contributed by atoms with E-state index < -0.39 is 11.8 Å². The molecule has 1 aromatic rings. The molecule has 0 aliphatic heterocycles. The highest BCUT2D eigenvalue weighted by Gasteiger charge is 2.07. The molecule has 0 aliphatic carbocycles. The van der Waals surface area contributed by atoms with Crippen LogP contribution in [0.3, 0.4) is 0 Å². The summed E-state index contributed by atoms with van der Waals surface area (Å²) in [5.74, 6) is -2.01. The molecule has 1 rings (SSSR count). The molecule has 0 bridgehead atoms. The van der Waals surface area contributed by atoms with E-state index in [1.54, 1.807) is 6.07 Å². The highest BCUT2D eigenvalue weighted by Crippen LogP contribution is 2.19. The molecule has 0 radical (unpaired) electrons. The number of benzene rings is 1. The second-order valence-corrected chi connectivity index (χ2v) is 3.17. The third-order valence-electron chi connectivity index (χ3n) is 1.82. The number of aromatic hydroxyl groups is 1. The monoisotopic (exact) mass is 247 g/mol. The summed E-state index contributed by atoms with van der Waals surface area (Å²) < 4.78 is 0. The second kappa shape index (κ2) is 5.31. The molecule has 0 saturated heterocycles. The Morgan fingerprint density at radius 1 is 1.50 bits per heavy atom. The van der Waals surface area contributed by atoms with Crippen molar-refractivity contribution in [2.24, 2.45) is 10.8 Å². The van der Waals surface area contributed by atoms with Gasteiger partial charge in [-0.2, -0.15) is 10.4 Å². The number of aromatic carboxylic acids is 1. The minimum Gasteiger partial charge on any atom is -0.508 e. The van der Waals surface area contributed by atoms with Crippen molar-refractivity contribution in [1.82, 2.24) is 0 Å². The van der Waals surface area contributed by atoms with Crippen molar-refractivity contribution in [3.8, 4) is 11.8 Å². The van der Waals surface area contributed by atoms with Crippen molar-refractivity contribution in [2.45, 2.75) is 0 Å². The van der Waals surface area contributed by atoms with Gasteiger partial charge in [-0.25, -0.2) is 4.79 Å². The fraction of sp³-hybridized carbons (Fsp3) is 0. The molecule has 0 heterocycles. The van der Waals surface area contributed by atoms with Crippen molar-refractivity contribution >= 4 is 23.2 Å². The second-order valence-electron chi connectivity index (χ2n) is 3.17. The van der Waals surface area contributed by atoms with E-state index in [1.165, 1.54) is 12.1 Å². The zero-order chi connectivity index (χ0) is 13.7. The van der Waals surface area contributed by atoms with Crippen molar-refractivity contribution in [1.29, 1.82) is 10.7 Å². The standard InChI is InChI=1S/C10H9N5O3/c11-4-8(9(12)13)15-14-6-1-5(10(17)18)2-7(16)3-6/h1-3,14,16H,(H3,12,13)(H,17,18)/b15-8+. The SMILES string of the molecule is N#C/C(=N\Nc1cc(O)cc(C(=O)O)c1)C(=N)N. The molecule has 8 nitrogen and oxygen atoms in total. The van der Waals surface area contributed by atoms with Crippen LogP contribution in [-0.4, -0.2) is 27.7 Å². The number of carbonyl (C=O) groups is 1. The fourth-order valence-electron chi connectivity index (χ4n) is 1.07. The third-order valence-corrected chi connectivity index (χ3v) is 1.82. The van der Waals surface area contributed by atoms with Crippen molar-refractivity contribution in [3.05, 3.63) is 23.8 Å². The Labute approximate surface area is 101 Å². The van der Waals surface area contributed by atoms with Crippen LogP contribution in [0.4, 0.5) is 5.69 Å². The third kappa shape index (κ3) is 3.21. The lowest BCUT2D eigenvalue weighted by atomic mass is 10.2. The van der Waals surface area contributed by atoms with Crippen LogP contribution in [0.15, 0.2) is 23.3 Å². The van der Waals surface area contributed by atoms with Crippen LogP contribution in [0, 0.1) is 16.7 Å². The number of rotatable bonds is 4. The van der Waals surface area contributed by atoms with Crippen LogP contribution in [0.5, 0.6) is 5.75 Å². The summed E-state index contributed by atoms with van der Waals surface area (Å²) in [4.78, 5) is 10.7. The van der Waals surface area contributed by atoms with Gasteiger partial charge in [-0.15, -0.1) is 0 Å². The van der Waals surface area contributed by atoms with Gasteiger partial charge < -0.3 is 15.9 Å². The molecule has 0 aliphatic rings.